The number of rotatable bonds is 7. The SMILES string of the molecule is CCOC(=O)c1c(CC)c2cc3nc(c4c5[nH]c(cc6nc(c(OC)c1[nH]2)CC6(C)C)c(CC)c5C(=O)N(Cc1ccccc1)C4=O)CC3(C)C. The second-order valence-electron chi connectivity index (χ2n) is 14.8. The average Bonchev–Trinajstić information content (AvgIpc) is 3.80. The van der Waals surface area contributed by atoms with Crippen molar-refractivity contribution >= 4 is 39.9 Å². The maximum Gasteiger partial charge on any atom is 0.340 e. The number of aryl methyl sites for hydroxylation is 2. The second kappa shape index (κ2) is 12.5. The molecule has 1 aromatic carbocycles. The zero-order valence-corrected chi connectivity index (χ0v) is 30.7. The molecule has 51 heavy (non-hydrogen) atoms. The molecule has 7 rings (SSSR count). The molecule has 0 spiro atoms. The lowest BCUT2D eigenvalue weighted by Gasteiger charge is -2.26. The minimum atomic E-state index is -0.477. The number of ether oxygens (including phenoxy) is 2. The number of carbonyl (C=O) groups excluding carboxylic acids is 3. The minimum absolute atomic E-state index is 0.142. The highest BCUT2D eigenvalue weighted by Gasteiger charge is 2.41. The molecule has 10 nitrogen and oxygen atoms in total. The molecule has 0 atom stereocenters. The van der Waals surface area contributed by atoms with Gasteiger partial charge < -0.3 is 19.4 Å². The molecular weight excluding hydrogens is 642 g/mol. The first-order valence-electron chi connectivity index (χ1n) is 17.8. The van der Waals surface area contributed by atoms with Crippen LogP contribution in [0.5, 0.6) is 5.75 Å². The normalized spacial score (nSPS) is 16.0. The number of benzene rings is 1. The predicted molar refractivity (Wildman–Crippen MR) is 196 cm³/mol. The fraction of sp³-hybridized carbons (Fsp3) is 0.390. The zero-order valence-electron chi connectivity index (χ0n) is 30.7. The van der Waals surface area contributed by atoms with Crippen LogP contribution in [-0.4, -0.2) is 56.3 Å². The monoisotopic (exact) mass is 687 g/mol. The van der Waals surface area contributed by atoms with Crippen LogP contribution in [0, 0.1) is 0 Å². The van der Waals surface area contributed by atoms with Gasteiger partial charge in [0.05, 0.1) is 59.4 Å². The molecule has 10 heteroatoms. The van der Waals surface area contributed by atoms with Crippen molar-refractivity contribution in [1.82, 2.24) is 24.8 Å². The molecule has 0 fully saturated rings. The van der Waals surface area contributed by atoms with Gasteiger partial charge in [0.1, 0.15) is 0 Å². The lowest BCUT2D eigenvalue weighted by molar-refractivity contribution is 0.0525. The third kappa shape index (κ3) is 5.52. The topological polar surface area (TPSA) is 130 Å². The first-order chi connectivity index (χ1) is 24.3. The Morgan fingerprint density at radius 2 is 1.37 bits per heavy atom. The summed E-state index contributed by atoms with van der Waals surface area (Å²) in [6, 6.07) is 13.5. The summed E-state index contributed by atoms with van der Waals surface area (Å²) >= 11 is 0. The number of hydrogen-bond donors (Lipinski definition) is 2. The standard InChI is InChI=1S/C41H45N5O5/c1-9-23-25-17-30-41(6,7)20-28(43-30)36(50-8)35-32(39(49)51-11-3)24(10-2)26(45-35)18-29-40(4,5)19-27(42-29)33-34(44-25)31(23)37(47)46(38(33)48)21-22-15-13-12-14-16-22/h12-18,44-45H,9-11,19-21H2,1-8H3. The van der Waals surface area contributed by atoms with E-state index in [1.807, 2.05) is 56.3 Å². The van der Waals surface area contributed by atoms with E-state index in [1.165, 1.54) is 4.90 Å². The van der Waals surface area contributed by atoms with Gasteiger partial charge in [0.15, 0.2) is 5.75 Å². The number of imide groups is 1. The summed E-state index contributed by atoms with van der Waals surface area (Å²) in [4.78, 5) is 61.4. The molecule has 3 aliphatic heterocycles. The summed E-state index contributed by atoms with van der Waals surface area (Å²) in [5.41, 5.74) is 8.21. The maximum absolute atomic E-state index is 14.6. The Labute approximate surface area is 297 Å². The summed E-state index contributed by atoms with van der Waals surface area (Å²) in [5.74, 6) is -0.663. The van der Waals surface area contributed by atoms with Gasteiger partial charge in [-0.2, -0.15) is 0 Å². The van der Waals surface area contributed by atoms with E-state index in [-0.39, 0.29) is 25.0 Å². The van der Waals surface area contributed by atoms with Crippen molar-refractivity contribution in [3.63, 3.8) is 0 Å². The van der Waals surface area contributed by atoms with E-state index in [0.29, 0.717) is 70.5 Å². The van der Waals surface area contributed by atoms with Crippen molar-refractivity contribution in [2.75, 3.05) is 13.7 Å². The van der Waals surface area contributed by atoms with Crippen LogP contribution in [0.1, 0.15) is 119 Å². The number of aromatic amines is 2. The van der Waals surface area contributed by atoms with Gasteiger partial charge in [-0.3, -0.25) is 24.5 Å². The third-order valence-electron chi connectivity index (χ3n) is 10.5. The quantitative estimate of drug-likeness (QED) is 0.152. The number of hydrogen-bond acceptors (Lipinski definition) is 7. The molecule has 0 saturated carbocycles. The zero-order chi connectivity index (χ0) is 36.4. The van der Waals surface area contributed by atoms with Crippen molar-refractivity contribution in [2.24, 2.45) is 0 Å². The van der Waals surface area contributed by atoms with Crippen molar-refractivity contribution < 1.29 is 23.9 Å². The van der Waals surface area contributed by atoms with Gasteiger partial charge in [-0.25, -0.2) is 4.79 Å². The van der Waals surface area contributed by atoms with Crippen LogP contribution in [0.4, 0.5) is 0 Å². The minimum Gasteiger partial charge on any atom is -0.493 e. The molecule has 6 heterocycles. The first kappa shape index (κ1) is 34.2. The number of esters is 1. The third-order valence-corrected chi connectivity index (χ3v) is 10.5. The van der Waals surface area contributed by atoms with Crippen LogP contribution in [0.25, 0.3) is 22.1 Å². The highest BCUT2D eigenvalue weighted by atomic mass is 16.5. The van der Waals surface area contributed by atoms with Crippen LogP contribution < -0.4 is 4.74 Å². The fourth-order valence-corrected chi connectivity index (χ4v) is 7.83. The Hall–Kier alpha value is -5.25. The van der Waals surface area contributed by atoms with E-state index in [4.69, 9.17) is 19.4 Å². The fourth-order valence-electron chi connectivity index (χ4n) is 7.83. The van der Waals surface area contributed by atoms with Gasteiger partial charge in [0.2, 0.25) is 0 Å². The van der Waals surface area contributed by atoms with Crippen LogP contribution in [0.3, 0.4) is 0 Å². The van der Waals surface area contributed by atoms with Crippen LogP contribution in [0.15, 0.2) is 42.5 Å². The number of fused-ring (bicyclic) bond motifs is 8. The van der Waals surface area contributed by atoms with E-state index in [9.17, 15) is 14.4 Å². The number of amides is 2. The Morgan fingerprint density at radius 3 is 1.98 bits per heavy atom. The van der Waals surface area contributed by atoms with Crippen LogP contribution >= 0.6 is 0 Å². The Morgan fingerprint density at radius 1 is 0.804 bits per heavy atom. The Bertz CT molecular complexity index is 2280. The highest BCUT2D eigenvalue weighted by Crippen LogP contribution is 2.41. The van der Waals surface area contributed by atoms with Crippen LogP contribution in [0.2, 0.25) is 0 Å². The number of methoxy groups -OCH3 is 1. The van der Waals surface area contributed by atoms with Gasteiger partial charge in [-0.05, 0) is 48.6 Å². The van der Waals surface area contributed by atoms with Gasteiger partial charge in [0.25, 0.3) is 11.8 Å². The molecule has 2 amide bonds. The smallest absolute Gasteiger partial charge is 0.340 e. The lowest BCUT2D eigenvalue weighted by atomic mass is 9.85. The lowest BCUT2D eigenvalue weighted by Crippen LogP contribution is -2.40. The van der Waals surface area contributed by atoms with Crippen molar-refractivity contribution in [1.29, 1.82) is 0 Å². The van der Waals surface area contributed by atoms with Gasteiger partial charge in [-0.1, -0.05) is 71.9 Å². The van der Waals surface area contributed by atoms with Crippen molar-refractivity contribution in [2.45, 2.75) is 91.5 Å². The molecule has 0 unspecified atom stereocenters. The van der Waals surface area contributed by atoms with Crippen LogP contribution in [-0.2, 0) is 47.8 Å². The summed E-state index contributed by atoms with van der Waals surface area (Å²) in [6.07, 6.45) is 2.12. The van der Waals surface area contributed by atoms with Crippen molar-refractivity contribution in [3.8, 4) is 5.75 Å². The van der Waals surface area contributed by atoms with E-state index in [1.54, 1.807) is 14.0 Å². The number of carbonyl (C=O) groups is 3. The molecule has 4 aromatic rings. The van der Waals surface area contributed by atoms with Gasteiger partial charge in [0, 0.05) is 46.1 Å². The van der Waals surface area contributed by atoms with E-state index >= 15 is 0 Å². The second-order valence-corrected chi connectivity index (χ2v) is 14.8. The van der Waals surface area contributed by atoms with Gasteiger partial charge in [-0.15, -0.1) is 0 Å². The molecule has 8 bridgehead atoms. The summed E-state index contributed by atoms with van der Waals surface area (Å²) < 4.78 is 11.7. The highest BCUT2D eigenvalue weighted by molar-refractivity contribution is 6.23. The number of nitrogens with zero attached hydrogens (tertiary/aromatic N) is 3. The predicted octanol–water partition coefficient (Wildman–Crippen LogP) is 7.46. The summed E-state index contributed by atoms with van der Waals surface area (Å²) in [5, 5.41) is 0. The largest absolute Gasteiger partial charge is 0.493 e. The van der Waals surface area contributed by atoms with Gasteiger partial charge >= 0.3 is 5.97 Å². The molecule has 0 aliphatic carbocycles. The first-order valence-corrected chi connectivity index (χ1v) is 17.8. The molecule has 3 aromatic heterocycles. The maximum atomic E-state index is 14.6. The molecule has 3 aliphatic rings. The Balaban J connectivity index is 1.66. The average molecular weight is 688 g/mol. The van der Waals surface area contributed by atoms with E-state index in [0.717, 1.165) is 39.1 Å². The molecule has 2 N–H and O–H groups in total. The number of nitrogens with one attached hydrogen (secondary N) is 2. The molecule has 0 saturated heterocycles. The molecule has 264 valence electrons. The van der Waals surface area contributed by atoms with Crippen molar-refractivity contribution in [3.05, 3.63) is 98.6 Å². The number of aromatic nitrogens is 4. The molecular formula is C41H45N5O5. The number of H-pyrrole nitrogens is 2. The molecule has 0 radical (unpaired) electrons. The Kier molecular flexibility index (Phi) is 8.39. The van der Waals surface area contributed by atoms with E-state index in [2.05, 4.69) is 37.7 Å². The van der Waals surface area contributed by atoms with E-state index < -0.39 is 16.8 Å². The summed E-state index contributed by atoms with van der Waals surface area (Å²) in [6.45, 7) is 14.6. The summed E-state index contributed by atoms with van der Waals surface area (Å²) in [7, 11) is 1.59.